The maximum atomic E-state index is 14.1. The van der Waals surface area contributed by atoms with Crippen molar-refractivity contribution in [2.24, 2.45) is 0 Å². The number of benzene rings is 3. The number of ether oxygens (including phenoxy) is 1. The largest absolute Gasteiger partial charge is 0.492 e. The Bertz CT molecular complexity index is 1430. The van der Waals surface area contributed by atoms with Crippen molar-refractivity contribution >= 4 is 39.1 Å². The summed E-state index contributed by atoms with van der Waals surface area (Å²) in [6.07, 6.45) is 0.728. The Morgan fingerprint density at radius 3 is 2.20 bits per heavy atom. The van der Waals surface area contributed by atoms with E-state index in [9.17, 15) is 18.0 Å². The Morgan fingerprint density at radius 1 is 0.951 bits per heavy atom. The number of para-hydroxylation sites is 2. The van der Waals surface area contributed by atoms with Crippen LogP contribution in [0.3, 0.4) is 0 Å². The van der Waals surface area contributed by atoms with Gasteiger partial charge in [-0.1, -0.05) is 60.5 Å². The van der Waals surface area contributed by atoms with Gasteiger partial charge in [-0.2, -0.15) is 0 Å². The van der Waals surface area contributed by atoms with Crippen LogP contribution in [0, 0.1) is 6.92 Å². The maximum Gasteiger partial charge on any atom is 0.264 e. The molecule has 41 heavy (non-hydrogen) atoms. The maximum absolute atomic E-state index is 14.1. The van der Waals surface area contributed by atoms with Gasteiger partial charge < -0.3 is 15.0 Å². The first-order valence-electron chi connectivity index (χ1n) is 13.6. The Labute approximate surface area is 248 Å². The van der Waals surface area contributed by atoms with Gasteiger partial charge in [0.1, 0.15) is 18.3 Å². The first kappa shape index (κ1) is 32.0. The molecule has 8 nitrogen and oxygen atoms in total. The van der Waals surface area contributed by atoms with Crippen molar-refractivity contribution in [3.63, 3.8) is 0 Å². The third-order valence-corrected chi connectivity index (χ3v) is 8.78. The number of hydrogen-bond acceptors (Lipinski definition) is 5. The van der Waals surface area contributed by atoms with E-state index in [2.05, 4.69) is 5.32 Å². The molecule has 2 atom stereocenters. The highest BCUT2D eigenvalue weighted by atomic mass is 35.5. The van der Waals surface area contributed by atoms with E-state index in [0.717, 1.165) is 21.9 Å². The molecule has 0 aliphatic heterocycles. The van der Waals surface area contributed by atoms with Crippen molar-refractivity contribution in [1.29, 1.82) is 0 Å². The number of anilines is 1. The number of aryl methyl sites for hydroxylation is 1. The summed E-state index contributed by atoms with van der Waals surface area (Å²) in [5, 5.41) is 3.32. The molecule has 0 saturated carbocycles. The highest BCUT2D eigenvalue weighted by molar-refractivity contribution is 7.92. The summed E-state index contributed by atoms with van der Waals surface area (Å²) in [6, 6.07) is 19.1. The topological polar surface area (TPSA) is 96.0 Å². The summed E-state index contributed by atoms with van der Waals surface area (Å²) in [7, 11) is -4.24. The Balaban J connectivity index is 2.07. The van der Waals surface area contributed by atoms with Crippen LogP contribution in [0.5, 0.6) is 5.75 Å². The minimum Gasteiger partial charge on any atom is -0.492 e. The first-order valence-corrected chi connectivity index (χ1v) is 15.4. The molecule has 10 heteroatoms. The highest BCUT2D eigenvalue weighted by Gasteiger charge is 2.34. The SMILES string of the molecule is CCOc1ccccc1N(CC(=O)N(Cc1ccc(C)cc1)[C@@H](C)C(=O)N[C@@H](C)CC)S(=O)(=O)c1ccc(Cl)cc1. The first-order chi connectivity index (χ1) is 19.5. The quantitative estimate of drug-likeness (QED) is 0.277. The van der Waals surface area contributed by atoms with Crippen LogP contribution in [-0.4, -0.2) is 50.4 Å². The molecule has 0 spiro atoms. The lowest BCUT2D eigenvalue weighted by atomic mass is 10.1. The predicted octanol–water partition coefficient (Wildman–Crippen LogP) is 5.57. The summed E-state index contributed by atoms with van der Waals surface area (Å²) < 4.78 is 34.8. The van der Waals surface area contributed by atoms with Crippen molar-refractivity contribution in [3.05, 3.63) is 88.9 Å². The minimum atomic E-state index is -4.24. The average molecular weight is 600 g/mol. The van der Waals surface area contributed by atoms with Gasteiger partial charge in [0.05, 0.1) is 17.2 Å². The molecule has 3 rings (SSSR count). The molecular formula is C31H38ClN3O5S. The van der Waals surface area contributed by atoms with E-state index in [1.54, 1.807) is 38.1 Å². The van der Waals surface area contributed by atoms with Gasteiger partial charge in [-0.05, 0) is 76.1 Å². The van der Waals surface area contributed by atoms with Gasteiger partial charge >= 0.3 is 0 Å². The standard InChI is InChI=1S/C31H38ClN3O5S/c1-6-23(4)33-31(37)24(5)34(20-25-14-12-22(3)13-15-25)30(36)21-35(28-10-8-9-11-29(28)40-7-2)41(38,39)27-18-16-26(32)17-19-27/h8-19,23-24H,6-7,20-21H2,1-5H3,(H,33,37)/t23-,24-/m0/s1. The Kier molecular flexibility index (Phi) is 11.2. The molecule has 1 N–H and O–H groups in total. The zero-order valence-electron chi connectivity index (χ0n) is 24.1. The van der Waals surface area contributed by atoms with Gasteiger partial charge in [0.25, 0.3) is 10.0 Å². The van der Waals surface area contributed by atoms with Crippen LogP contribution in [-0.2, 0) is 26.2 Å². The summed E-state index contributed by atoms with van der Waals surface area (Å²) >= 11 is 6.02. The van der Waals surface area contributed by atoms with Gasteiger partial charge in [-0.3, -0.25) is 13.9 Å². The fourth-order valence-corrected chi connectivity index (χ4v) is 5.68. The number of carbonyl (C=O) groups is 2. The second-order valence-corrected chi connectivity index (χ2v) is 12.2. The fourth-order valence-electron chi connectivity index (χ4n) is 4.13. The lowest BCUT2D eigenvalue weighted by Crippen LogP contribution is -2.52. The van der Waals surface area contributed by atoms with Gasteiger partial charge in [0, 0.05) is 17.6 Å². The second-order valence-electron chi connectivity index (χ2n) is 9.87. The average Bonchev–Trinajstić information content (AvgIpc) is 2.95. The lowest BCUT2D eigenvalue weighted by Gasteiger charge is -2.33. The van der Waals surface area contributed by atoms with Crippen LogP contribution in [0.2, 0.25) is 5.02 Å². The van der Waals surface area contributed by atoms with E-state index < -0.39 is 28.5 Å². The zero-order valence-corrected chi connectivity index (χ0v) is 25.7. The molecule has 0 saturated heterocycles. The third kappa shape index (κ3) is 8.24. The van der Waals surface area contributed by atoms with E-state index in [0.29, 0.717) is 17.4 Å². The Hall–Kier alpha value is -3.56. The van der Waals surface area contributed by atoms with Crippen molar-refractivity contribution < 1.29 is 22.7 Å². The van der Waals surface area contributed by atoms with Crippen LogP contribution in [0.4, 0.5) is 5.69 Å². The van der Waals surface area contributed by atoms with E-state index in [1.165, 1.54) is 29.2 Å². The molecule has 0 radical (unpaired) electrons. The summed E-state index contributed by atoms with van der Waals surface area (Å²) in [5.74, 6) is -0.546. The second kappa shape index (κ2) is 14.4. The van der Waals surface area contributed by atoms with Gasteiger partial charge in [-0.25, -0.2) is 8.42 Å². The number of nitrogens with one attached hydrogen (secondary N) is 1. The molecule has 0 fully saturated rings. The molecule has 3 aromatic carbocycles. The van der Waals surface area contributed by atoms with Crippen molar-refractivity contribution in [3.8, 4) is 5.75 Å². The van der Waals surface area contributed by atoms with Crippen LogP contribution >= 0.6 is 11.6 Å². The minimum absolute atomic E-state index is 0.0337. The lowest BCUT2D eigenvalue weighted by molar-refractivity contribution is -0.139. The van der Waals surface area contributed by atoms with E-state index in [1.807, 2.05) is 45.0 Å². The normalized spacial score (nSPS) is 12.7. The van der Waals surface area contributed by atoms with E-state index in [-0.39, 0.29) is 29.1 Å². The molecule has 0 heterocycles. The number of hydrogen-bond donors (Lipinski definition) is 1. The number of amides is 2. The summed E-state index contributed by atoms with van der Waals surface area (Å²) in [4.78, 5) is 28.6. The van der Waals surface area contributed by atoms with Crippen LogP contribution in [0.15, 0.2) is 77.7 Å². The molecular weight excluding hydrogens is 562 g/mol. The van der Waals surface area contributed by atoms with Crippen molar-refractivity contribution in [2.45, 2.75) is 64.6 Å². The van der Waals surface area contributed by atoms with Crippen LogP contribution in [0.25, 0.3) is 0 Å². The number of sulfonamides is 1. The third-order valence-electron chi connectivity index (χ3n) is 6.76. The monoisotopic (exact) mass is 599 g/mol. The number of carbonyl (C=O) groups excluding carboxylic acids is 2. The number of nitrogens with zero attached hydrogens (tertiary/aromatic N) is 2. The molecule has 2 amide bonds. The van der Waals surface area contributed by atoms with Crippen molar-refractivity contribution in [1.82, 2.24) is 10.2 Å². The molecule has 0 aliphatic rings. The highest BCUT2D eigenvalue weighted by Crippen LogP contribution is 2.33. The fraction of sp³-hybridized carbons (Fsp3) is 0.355. The van der Waals surface area contributed by atoms with E-state index >= 15 is 0 Å². The summed E-state index contributed by atoms with van der Waals surface area (Å²) in [6.45, 7) is 9.12. The Morgan fingerprint density at radius 2 is 1.59 bits per heavy atom. The van der Waals surface area contributed by atoms with Crippen molar-refractivity contribution in [2.75, 3.05) is 17.5 Å². The molecule has 0 aliphatic carbocycles. The molecule has 0 aromatic heterocycles. The molecule has 0 unspecified atom stereocenters. The van der Waals surface area contributed by atoms with Gasteiger partial charge in [0.15, 0.2) is 0 Å². The van der Waals surface area contributed by atoms with Crippen LogP contribution in [0.1, 0.15) is 45.2 Å². The number of halogens is 1. The summed E-state index contributed by atoms with van der Waals surface area (Å²) in [5.41, 5.74) is 2.08. The van der Waals surface area contributed by atoms with Gasteiger partial charge in [0.2, 0.25) is 11.8 Å². The molecule has 0 bridgehead atoms. The predicted molar refractivity (Wildman–Crippen MR) is 163 cm³/mol. The van der Waals surface area contributed by atoms with E-state index in [4.69, 9.17) is 16.3 Å². The molecule has 3 aromatic rings. The molecule has 220 valence electrons. The van der Waals surface area contributed by atoms with Gasteiger partial charge in [-0.15, -0.1) is 0 Å². The van der Waals surface area contributed by atoms with Crippen LogP contribution < -0.4 is 14.4 Å². The zero-order chi connectivity index (χ0) is 30.2. The smallest absolute Gasteiger partial charge is 0.264 e. The number of rotatable bonds is 13.